The van der Waals surface area contributed by atoms with Crippen LogP contribution in [0.5, 0.6) is 0 Å². The van der Waals surface area contributed by atoms with Crippen molar-refractivity contribution in [2.24, 2.45) is 0 Å². The first-order valence-electron chi connectivity index (χ1n) is 6.21. The molecule has 1 N–H and O–H groups in total. The Morgan fingerprint density at radius 3 is 2.70 bits per heavy atom. The summed E-state index contributed by atoms with van der Waals surface area (Å²) in [6.07, 6.45) is -3.54. The van der Waals surface area contributed by atoms with Crippen molar-refractivity contribution in [2.75, 3.05) is 11.9 Å². The van der Waals surface area contributed by atoms with E-state index in [0.29, 0.717) is 19.4 Å². The van der Waals surface area contributed by atoms with E-state index in [1.165, 1.54) is 17.0 Å². The number of carbonyl (C=O) groups is 2. The van der Waals surface area contributed by atoms with Crippen molar-refractivity contribution < 1.29 is 22.8 Å². The summed E-state index contributed by atoms with van der Waals surface area (Å²) in [6, 6.07) is 2.70. The molecule has 7 heteroatoms. The molecular formula is C13H11F3N2O2. The summed E-state index contributed by atoms with van der Waals surface area (Å²) in [5, 5.41) is 2.44. The van der Waals surface area contributed by atoms with Crippen molar-refractivity contribution in [1.29, 1.82) is 0 Å². The Labute approximate surface area is 112 Å². The van der Waals surface area contributed by atoms with Gasteiger partial charge in [-0.25, -0.2) is 0 Å². The lowest BCUT2D eigenvalue weighted by Crippen LogP contribution is -2.40. The van der Waals surface area contributed by atoms with Gasteiger partial charge in [0.1, 0.15) is 6.04 Å². The van der Waals surface area contributed by atoms with Crippen LogP contribution in [-0.4, -0.2) is 29.3 Å². The van der Waals surface area contributed by atoms with Crippen LogP contribution in [-0.2, 0) is 11.0 Å². The van der Waals surface area contributed by atoms with Crippen LogP contribution in [0.3, 0.4) is 0 Å². The van der Waals surface area contributed by atoms with Crippen LogP contribution in [0.15, 0.2) is 18.2 Å². The van der Waals surface area contributed by atoms with E-state index in [-0.39, 0.29) is 5.69 Å². The van der Waals surface area contributed by atoms with Gasteiger partial charge in [0.25, 0.3) is 5.91 Å². The molecule has 3 rings (SSSR count). The second-order valence-corrected chi connectivity index (χ2v) is 4.87. The third kappa shape index (κ3) is 1.85. The number of fused-ring (bicyclic) bond motifs is 2. The van der Waals surface area contributed by atoms with Gasteiger partial charge in [0.05, 0.1) is 16.8 Å². The van der Waals surface area contributed by atoms with E-state index in [1.807, 2.05) is 0 Å². The Kier molecular flexibility index (Phi) is 2.74. The number of hydrogen-bond acceptors (Lipinski definition) is 2. The van der Waals surface area contributed by atoms with Crippen LogP contribution >= 0.6 is 0 Å². The molecule has 106 valence electrons. The predicted molar refractivity (Wildman–Crippen MR) is 64.1 cm³/mol. The summed E-state index contributed by atoms with van der Waals surface area (Å²) in [5.41, 5.74) is -1.53. The van der Waals surface area contributed by atoms with E-state index in [0.717, 1.165) is 6.07 Å². The molecule has 0 spiro atoms. The first kappa shape index (κ1) is 13.0. The summed E-state index contributed by atoms with van der Waals surface area (Å²) < 4.78 is 39.1. The van der Waals surface area contributed by atoms with Crippen LogP contribution in [0.25, 0.3) is 0 Å². The van der Waals surface area contributed by atoms with Gasteiger partial charge in [-0.2, -0.15) is 13.2 Å². The number of carbonyl (C=O) groups excluding carboxylic acids is 2. The van der Waals surface area contributed by atoms with Crippen molar-refractivity contribution in [2.45, 2.75) is 25.1 Å². The molecule has 1 aromatic carbocycles. The summed E-state index contributed by atoms with van der Waals surface area (Å²) in [6.45, 7) is 0.308. The molecule has 0 aliphatic carbocycles. The zero-order chi connectivity index (χ0) is 14.5. The van der Waals surface area contributed by atoms with Crippen molar-refractivity contribution in [3.05, 3.63) is 29.3 Å². The predicted octanol–water partition coefficient (Wildman–Crippen LogP) is 2.26. The smallest absolute Gasteiger partial charge is 0.327 e. The molecule has 0 unspecified atom stereocenters. The number of benzene rings is 1. The Morgan fingerprint density at radius 2 is 2.00 bits per heavy atom. The molecule has 2 amide bonds. The second-order valence-electron chi connectivity index (χ2n) is 4.87. The van der Waals surface area contributed by atoms with Crippen LogP contribution in [0.1, 0.15) is 28.8 Å². The van der Waals surface area contributed by atoms with Crippen molar-refractivity contribution >= 4 is 17.5 Å². The lowest BCUT2D eigenvalue weighted by atomic mass is 10.0. The van der Waals surface area contributed by atoms with E-state index in [4.69, 9.17) is 0 Å². The number of nitrogens with zero attached hydrogens (tertiary/aromatic N) is 1. The highest BCUT2D eigenvalue weighted by atomic mass is 19.4. The summed E-state index contributed by atoms with van der Waals surface area (Å²) in [7, 11) is 0. The Hall–Kier alpha value is -2.05. The van der Waals surface area contributed by atoms with E-state index < -0.39 is 35.2 Å². The van der Waals surface area contributed by atoms with Gasteiger partial charge in [0.2, 0.25) is 5.91 Å². The molecule has 4 nitrogen and oxygen atoms in total. The zero-order valence-corrected chi connectivity index (χ0v) is 10.3. The Morgan fingerprint density at radius 1 is 1.25 bits per heavy atom. The quantitative estimate of drug-likeness (QED) is 0.794. The maximum atomic E-state index is 13.0. The third-order valence-corrected chi connectivity index (χ3v) is 3.66. The minimum absolute atomic E-state index is 0.0655. The highest BCUT2D eigenvalue weighted by Crippen LogP contribution is 2.38. The van der Waals surface area contributed by atoms with Crippen molar-refractivity contribution in [1.82, 2.24) is 4.90 Å². The molecule has 0 aromatic heterocycles. The van der Waals surface area contributed by atoms with E-state index in [1.54, 1.807) is 0 Å². The van der Waals surface area contributed by atoms with Crippen LogP contribution in [0.4, 0.5) is 18.9 Å². The molecular weight excluding hydrogens is 273 g/mol. The summed E-state index contributed by atoms with van der Waals surface area (Å²) in [5.74, 6) is -1.15. The maximum absolute atomic E-state index is 13.0. The number of rotatable bonds is 0. The van der Waals surface area contributed by atoms with E-state index in [9.17, 15) is 22.8 Å². The van der Waals surface area contributed by atoms with Gasteiger partial charge in [-0.15, -0.1) is 0 Å². The minimum Gasteiger partial charge on any atom is -0.327 e. The molecule has 1 fully saturated rings. The fraction of sp³-hybridized carbons (Fsp3) is 0.385. The number of hydrogen-bond donors (Lipinski definition) is 1. The number of nitrogens with one attached hydrogen (secondary N) is 1. The topological polar surface area (TPSA) is 49.4 Å². The van der Waals surface area contributed by atoms with Gasteiger partial charge in [-0.1, -0.05) is 6.07 Å². The van der Waals surface area contributed by atoms with Gasteiger partial charge in [-0.3, -0.25) is 9.59 Å². The number of anilines is 1. The molecule has 20 heavy (non-hydrogen) atoms. The molecule has 1 saturated heterocycles. The van der Waals surface area contributed by atoms with E-state index >= 15 is 0 Å². The average Bonchev–Trinajstić information content (AvgIpc) is 2.82. The Balaban J connectivity index is 2.19. The minimum atomic E-state index is -4.63. The largest absolute Gasteiger partial charge is 0.417 e. The molecule has 0 saturated carbocycles. The first-order valence-corrected chi connectivity index (χ1v) is 6.21. The number of alkyl halides is 3. The lowest BCUT2D eigenvalue weighted by Gasteiger charge is -2.21. The van der Waals surface area contributed by atoms with Gasteiger partial charge in [-0.05, 0) is 25.0 Å². The fourth-order valence-electron chi connectivity index (χ4n) is 2.77. The van der Waals surface area contributed by atoms with Gasteiger partial charge in [0.15, 0.2) is 0 Å². The highest BCUT2D eigenvalue weighted by Gasteiger charge is 2.43. The molecule has 2 aliphatic rings. The van der Waals surface area contributed by atoms with Crippen LogP contribution in [0, 0.1) is 0 Å². The first-order chi connectivity index (χ1) is 9.39. The molecule has 0 radical (unpaired) electrons. The molecule has 2 aliphatic heterocycles. The van der Waals surface area contributed by atoms with Gasteiger partial charge >= 0.3 is 6.18 Å². The standard InChI is InChI=1S/C13H11F3N2O2/c14-13(15,16)7-3-1-4-8-10(7)12(20)18-6-2-5-9(18)11(19)17-8/h1,3-4,9H,2,5-6H2,(H,17,19)/t9-/m0/s1. The zero-order valence-electron chi connectivity index (χ0n) is 10.3. The molecule has 1 atom stereocenters. The van der Waals surface area contributed by atoms with Gasteiger partial charge < -0.3 is 10.2 Å². The monoisotopic (exact) mass is 284 g/mol. The third-order valence-electron chi connectivity index (χ3n) is 3.66. The fourth-order valence-corrected chi connectivity index (χ4v) is 2.77. The van der Waals surface area contributed by atoms with Crippen molar-refractivity contribution in [3.8, 4) is 0 Å². The normalized spacial score (nSPS) is 22.1. The van der Waals surface area contributed by atoms with Crippen LogP contribution in [0.2, 0.25) is 0 Å². The number of halogens is 3. The molecule has 2 heterocycles. The van der Waals surface area contributed by atoms with E-state index in [2.05, 4.69) is 5.32 Å². The lowest BCUT2D eigenvalue weighted by molar-refractivity contribution is -0.138. The molecule has 1 aromatic rings. The van der Waals surface area contributed by atoms with Crippen molar-refractivity contribution in [3.63, 3.8) is 0 Å². The SMILES string of the molecule is O=C1Nc2cccc(C(F)(F)F)c2C(=O)N2CCC[C@@H]12. The summed E-state index contributed by atoms with van der Waals surface area (Å²) in [4.78, 5) is 25.6. The second kappa shape index (κ2) is 4.22. The molecule has 0 bridgehead atoms. The average molecular weight is 284 g/mol. The Bertz CT molecular complexity index is 598. The maximum Gasteiger partial charge on any atom is 0.417 e. The van der Waals surface area contributed by atoms with Gasteiger partial charge in [0, 0.05) is 6.54 Å². The van der Waals surface area contributed by atoms with Crippen LogP contribution < -0.4 is 5.32 Å². The summed E-state index contributed by atoms with van der Waals surface area (Å²) >= 11 is 0. The number of amides is 2. The highest BCUT2D eigenvalue weighted by molar-refractivity contribution is 6.11.